The summed E-state index contributed by atoms with van der Waals surface area (Å²) in [6.45, 7) is 4.28. The molecule has 0 bridgehead atoms. The monoisotopic (exact) mass is 274 g/mol. The second-order valence-corrected chi connectivity index (χ2v) is 4.86. The van der Waals surface area contributed by atoms with Crippen molar-refractivity contribution in [3.05, 3.63) is 29.8 Å². The highest BCUT2D eigenvalue weighted by Gasteiger charge is 2.03. The Bertz CT molecular complexity index is 465. The Labute approximate surface area is 121 Å². The van der Waals surface area contributed by atoms with Gasteiger partial charge in [-0.05, 0) is 44.0 Å². The third kappa shape index (κ3) is 6.84. The first kappa shape index (κ1) is 16.1. The molecule has 1 aromatic carbocycles. The summed E-state index contributed by atoms with van der Waals surface area (Å²) in [5.74, 6) is 4.34. The minimum absolute atomic E-state index is 0.197. The number of benzene rings is 1. The van der Waals surface area contributed by atoms with Gasteiger partial charge < -0.3 is 9.84 Å². The number of carboxylic acids is 1. The van der Waals surface area contributed by atoms with Crippen molar-refractivity contribution >= 4 is 5.97 Å². The van der Waals surface area contributed by atoms with Crippen molar-refractivity contribution in [2.45, 2.75) is 52.1 Å². The van der Waals surface area contributed by atoms with E-state index in [2.05, 4.69) is 25.7 Å². The van der Waals surface area contributed by atoms with E-state index in [9.17, 15) is 4.79 Å². The third-order valence-corrected chi connectivity index (χ3v) is 2.97. The van der Waals surface area contributed by atoms with Crippen LogP contribution in [0.25, 0.3) is 0 Å². The first-order valence-electron chi connectivity index (χ1n) is 7.13. The van der Waals surface area contributed by atoms with Crippen LogP contribution >= 0.6 is 0 Å². The Hall–Kier alpha value is -1.95. The maximum Gasteiger partial charge on any atom is 0.382 e. The second-order valence-electron chi connectivity index (χ2n) is 4.86. The average Bonchev–Trinajstić information content (AvgIpc) is 2.43. The Kier molecular flexibility index (Phi) is 7.27. The van der Waals surface area contributed by atoms with E-state index in [0.717, 1.165) is 12.2 Å². The summed E-state index contributed by atoms with van der Waals surface area (Å²) < 4.78 is 5.81. The van der Waals surface area contributed by atoms with Crippen LogP contribution in [0.1, 0.15) is 51.5 Å². The van der Waals surface area contributed by atoms with Gasteiger partial charge in [-0.15, -0.1) is 0 Å². The molecule has 3 heteroatoms. The lowest BCUT2D eigenvalue weighted by atomic mass is 10.1. The van der Waals surface area contributed by atoms with Gasteiger partial charge >= 0.3 is 5.97 Å². The Morgan fingerprint density at radius 2 is 1.95 bits per heavy atom. The zero-order valence-corrected chi connectivity index (χ0v) is 12.2. The lowest BCUT2D eigenvalue weighted by molar-refractivity contribution is -0.130. The van der Waals surface area contributed by atoms with Crippen molar-refractivity contribution in [3.8, 4) is 17.6 Å². The molecule has 0 saturated heterocycles. The summed E-state index contributed by atoms with van der Waals surface area (Å²) in [7, 11) is 0. The van der Waals surface area contributed by atoms with E-state index >= 15 is 0 Å². The predicted octanol–water partition coefficient (Wildman–Crippen LogP) is 3.86. The molecule has 0 aliphatic heterocycles. The highest BCUT2D eigenvalue weighted by Crippen LogP contribution is 2.16. The zero-order chi connectivity index (χ0) is 14.8. The van der Waals surface area contributed by atoms with Crippen molar-refractivity contribution in [1.29, 1.82) is 0 Å². The van der Waals surface area contributed by atoms with Crippen molar-refractivity contribution < 1.29 is 14.6 Å². The van der Waals surface area contributed by atoms with Gasteiger partial charge in [-0.25, -0.2) is 4.79 Å². The van der Waals surface area contributed by atoms with Gasteiger partial charge in [0.2, 0.25) is 0 Å². The Balaban J connectivity index is 2.41. The highest BCUT2D eigenvalue weighted by atomic mass is 16.5. The van der Waals surface area contributed by atoms with Crippen LogP contribution in [-0.2, 0) is 4.79 Å². The minimum atomic E-state index is -1.12. The number of hydrogen-bond donors (Lipinski definition) is 1. The number of carboxylic acid groups (broad SMARTS) is 1. The van der Waals surface area contributed by atoms with Crippen LogP contribution < -0.4 is 4.74 Å². The molecule has 1 rings (SSSR count). The molecule has 0 saturated carbocycles. The standard InChI is InChI=1S/C17H22O3/c1-3-4-5-6-7-14(2)20-16-11-8-15(9-12-16)10-13-17(18)19/h8-9,11-12,14H,3-7H2,1-2H3,(H,18,19)/t14-/m0/s1. The number of carbonyl (C=O) groups is 1. The van der Waals surface area contributed by atoms with Gasteiger partial charge in [-0.3, -0.25) is 0 Å². The van der Waals surface area contributed by atoms with E-state index in [-0.39, 0.29) is 6.10 Å². The molecule has 0 radical (unpaired) electrons. The molecule has 1 atom stereocenters. The molecule has 0 unspecified atom stereocenters. The molecule has 0 spiro atoms. The van der Waals surface area contributed by atoms with Crippen molar-refractivity contribution in [1.82, 2.24) is 0 Å². The first-order chi connectivity index (χ1) is 9.61. The largest absolute Gasteiger partial charge is 0.491 e. The lowest BCUT2D eigenvalue weighted by Crippen LogP contribution is -2.11. The van der Waals surface area contributed by atoms with E-state index in [1.165, 1.54) is 25.7 Å². The summed E-state index contributed by atoms with van der Waals surface area (Å²) in [5.41, 5.74) is 0.676. The van der Waals surface area contributed by atoms with Crippen LogP contribution in [0.5, 0.6) is 5.75 Å². The molecule has 20 heavy (non-hydrogen) atoms. The van der Waals surface area contributed by atoms with Crippen LogP contribution in [0.3, 0.4) is 0 Å². The molecule has 1 N–H and O–H groups in total. The number of unbranched alkanes of at least 4 members (excludes halogenated alkanes) is 3. The third-order valence-electron chi connectivity index (χ3n) is 2.97. The molecule has 0 aliphatic carbocycles. The van der Waals surface area contributed by atoms with Crippen molar-refractivity contribution in [3.63, 3.8) is 0 Å². The van der Waals surface area contributed by atoms with E-state index < -0.39 is 5.97 Å². The summed E-state index contributed by atoms with van der Waals surface area (Å²) >= 11 is 0. The molecule has 0 amide bonds. The molecular weight excluding hydrogens is 252 g/mol. The quantitative estimate of drug-likeness (QED) is 0.606. The fourth-order valence-corrected chi connectivity index (χ4v) is 1.89. The number of rotatable bonds is 7. The Morgan fingerprint density at radius 1 is 1.25 bits per heavy atom. The topological polar surface area (TPSA) is 46.5 Å². The number of hydrogen-bond acceptors (Lipinski definition) is 2. The van der Waals surface area contributed by atoms with E-state index in [0.29, 0.717) is 5.56 Å². The Morgan fingerprint density at radius 3 is 2.55 bits per heavy atom. The fourth-order valence-electron chi connectivity index (χ4n) is 1.89. The summed E-state index contributed by atoms with van der Waals surface area (Å²) in [6, 6.07) is 7.20. The van der Waals surface area contributed by atoms with Crippen LogP contribution in [0.4, 0.5) is 0 Å². The highest BCUT2D eigenvalue weighted by molar-refractivity contribution is 5.87. The average molecular weight is 274 g/mol. The lowest BCUT2D eigenvalue weighted by Gasteiger charge is -2.14. The minimum Gasteiger partial charge on any atom is -0.491 e. The zero-order valence-electron chi connectivity index (χ0n) is 12.2. The fraction of sp³-hybridized carbons (Fsp3) is 0.471. The second kappa shape index (κ2) is 9.03. The predicted molar refractivity (Wildman–Crippen MR) is 79.8 cm³/mol. The summed E-state index contributed by atoms with van der Waals surface area (Å²) in [4.78, 5) is 10.3. The SMILES string of the molecule is CCCCCC[C@H](C)Oc1ccc(C#CC(=O)O)cc1. The van der Waals surface area contributed by atoms with Crippen LogP contribution in [-0.4, -0.2) is 17.2 Å². The molecule has 0 aliphatic rings. The van der Waals surface area contributed by atoms with Gasteiger partial charge in [0.05, 0.1) is 6.10 Å². The molecule has 3 nitrogen and oxygen atoms in total. The normalized spacial score (nSPS) is 11.3. The molecular formula is C17H22O3. The van der Waals surface area contributed by atoms with Crippen LogP contribution in [0, 0.1) is 11.8 Å². The summed E-state index contributed by atoms with van der Waals surface area (Å²) in [5, 5.41) is 8.47. The van der Waals surface area contributed by atoms with E-state index in [4.69, 9.17) is 9.84 Å². The van der Waals surface area contributed by atoms with Crippen molar-refractivity contribution in [2.75, 3.05) is 0 Å². The van der Waals surface area contributed by atoms with Gasteiger partial charge in [0.15, 0.2) is 0 Å². The first-order valence-corrected chi connectivity index (χ1v) is 7.13. The molecule has 1 aromatic rings. The molecule has 0 fully saturated rings. The van der Waals surface area contributed by atoms with Gasteiger partial charge in [0.25, 0.3) is 0 Å². The maximum absolute atomic E-state index is 10.3. The van der Waals surface area contributed by atoms with Crippen LogP contribution in [0.15, 0.2) is 24.3 Å². The number of aliphatic carboxylic acids is 1. The summed E-state index contributed by atoms with van der Waals surface area (Å²) in [6.07, 6.45) is 6.23. The van der Waals surface area contributed by atoms with Crippen molar-refractivity contribution in [2.24, 2.45) is 0 Å². The van der Waals surface area contributed by atoms with Gasteiger partial charge in [-0.1, -0.05) is 32.1 Å². The number of ether oxygens (including phenoxy) is 1. The molecule has 108 valence electrons. The van der Waals surface area contributed by atoms with E-state index in [1.54, 1.807) is 12.1 Å². The molecule has 0 aromatic heterocycles. The van der Waals surface area contributed by atoms with Gasteiger partial charge in [0, 0.05) is 11.5 Å². The van der Waals surface area contributed by atoms with Gasteiger partial charge in [0.1, 0.15) is 5.75 Å². The smallest absolute Gasteiger partial charge is 0.382 e. The molecule has 0 heterocycles. The van der Waals surface area contributed by atoms with Crippen LogP contribution in [0.2, 0.25) is 0 Å². The van der Waals surface area contributed by atoms with E-state index in [1.807, 2.05) is 12.1 Å². The maximum atomic E-state index is 10.3. The van der Waals surface area contributed by atoms with Gasteiger partial charge in [-0.2, -0.15) is 0 Å².